The minimum Gasteiger partial charge on any atom is -0.497 e. The summed E-state index contributed by atoms with van der Waals surface area (Å²) in [6, 6.07) is 36.3. The average molecular weight is 1620 g/mol. The van der Waals surface area contributed by atoms with Crippen LogP contribution in [0.25, 0.3) is 11.1 Å². The number of unbranched alkanes of at least 4 members (excludes halogenated alkanes) is 3. The lowest BCUT2D eigenvalue weighted by Crippen LogP contribution is -2.25. The van der Waals surface area contributed by atoms with Crippen LogP contribution < -0.4 is 4.74 Å². The Labute approximate surface area is 735 Å². The van der Waals surface area contributed by atoms with Crippen LogP contribution in [0.3, 0.4) is 0 Å². The minimum absolute atomic E-state index is 0.786. The van der Waals surface area contributed by atoms with Gasteiger partial charge in [-0.3, -0.25) is 0 Å². The first kappa shape index (κ1) is 98.5. The van der Waals surface area contributed by atoms with Crippen molar-refractivity contribution in [3.63, 3.8) is 0 Å². The van der Waals surface area contributed by atoms with Gasteiger partial charge in [-0.2, -0.15) is 0 Å². The quantitative estimate of drug-likeness (QED) is 0.0473. The van der Waals surface area contributed by atoms with Crippen molar-refractivity contribution >= 4 is 0 Å². The first-order valence-electron chi connectivity index (χ1n) is 53.8. The molecule has 0 amide bonds. The van der Waals surface area contributed by atoms with Crippen LogP contribution in [0.15, 0.2) is 97.1 Å². The number of benzene rings is 4. The van der Waals surface area contributed by atoms with Gasteiger partial charge in [-0.15, -0.1) is 0 Å². The molecule has 4 aromatic rings. The molecule has 10 fully saturated rings. The van der Waals surface area contributed by atoms with Crippen LogP contribution in [-0.4, -0.2) is 7.11 Å². The van der Waals surface area contributed by atoms with Gasteiger partial charge in [-0.05, 0) is 344 Å². The van der Waals surface area contributed by atoms with Crippen LogP contribution in [0.2, 0.25) is 0 Å². The van der Waals surface area contributed by atoms with E-state index < -0.39 is 0 Å². The molecule has 4 aromatic carbocycles. The van der Waals surface area contributed by atoms with Crippen molar-refractivity contribution in [2.24, 2.45) is 101 Å². The van der Waals surface area contributed by atoms with Gasteiger partial charge in [0.15, 0.2) is 0 Å². The van der Waals surface area contributed by atoms with E-state index in [1.54, 1.807) is 159 Å². The van der Waals surface area contributed by atoms with E-state index in [9.17, 15) is 0 Å². The van der Waals surface area contributed by atoms with E-state index in [-0.39, 0.29) is 0 Å². The molecule has 10 aliphatic carbocycles. The normalized spacial score (nSPS) is 31.3. The molecule has 10 saturated carbocycles. The Hall–Kier alpha value is -3.32. The van der Waals surface area contributed by atoms with Gasteiger partial charge in [0.2, 0.25) is 0 Å². The number of methoxy groups -OCH3 is 1. The Morgan fingerprint density at radius 2 is 0.449 bits per heavy atom. The van der Waals surface area contributed by atoms with E-state index in [0.717, 1.165) is 131 Å². The first-order valence-corrected chi connectivity index (χ1v) is 53.8. The summed E-state index contributed by atoms with van der Waals surface area (Å²) in [7, 11) is 1.73. The second-order valence-electron chi connectivity index (χ2n) is 42.6. The zero-order valence-corrected chi connectivity index (χ0v) is 80.3. The third-order valence-corrected chi connectivity index (χ3v) is 34.5. The molecule has 118 heavy (non-hydrogen) atoms. The first-order chi connectivity index (χ1) is 57.9. The summed E-state index contributed by atoms with van der Waals surface area (Å²) in [6.07, 6.45) is 90.4. The molecule has 0 saturated heterocycles. The Kier molecular flexibility index (Phi) is 47.8. The maximum Gasteiger partial charge on any atom is 0.118 e. The van der Waals surface area contributed by atoms with Crippen molar-refractivity contribution in [3.8, 4) is 16.9 Å². The molecule has 14 rings (SSSR count). The zero-order chi connectivity index (χ0) is 83.3. The second-order valence-corrected chi connectivity index (χ2v) is 42.6. The summed E-state index contributed by atoms with van der Waals surface area (Å²) in [5.74, 6) is 21.7. The van der Waals surface area contributed by atoms with Gasteiger partial charge in [0, 0.05) is 0 Å². The molecule has 0 aliphatic heterocycles. The predicted molar refractivity (Wildman–Crippen MR) is 521 cm³/mol. The van der Waals surface area contributed by atoms with Crippen molar-refractivity contribution in [3.05, 3.63) is 125 Å². The largest absolute Gasteiger partial charge is 0.497 e. The van der Waals surface area contributed by atoms with Gasteiger partial charge in [0.05, 0.1) is 7.11 Å². The Bertz CT molecular complexity index is 3020. The zero-order valence-electron chi connectivity index (χ0n) is 80.3. The van der Waals surface area contributed by atoms with Crippen molar-refractivity contribution in [2.75, 3.05) is 7.11 Å². The molecule has 10 aliphatic rings. The molecule has 1 heteroatoms. The lowest BCUT2D eigenvalue weighted by molar-refractivity contribution is 0.140. The van der Waals surface area contributed by atoms with Crippen molar-refractivity contribution in [2.45, 2.75) is 486 Å². The molecule has 0 radical (unpaired) electrons. The summed E-state index contributed by atoms with van der Waals surface area (Å²) in [4.78, 5) is 0. The van der Waals surface area contributed by atoms with E-state index in [1.807, 2.05) is 0 Å². The standard InChI is InChI=1S/C23H30.C22H34.C20H38.C19H36.C17H32.C16H24O/c1-3-5-19-8-12-21(13-9-19)23-16-14-22(15-17-23)20-10-6-18(4-2)7-11-20;1-3-4-18-7-11-20(12-8-18)22-15-13-21(14-16-22)19-9-5-17(2)6-10-19;1-3-5-6-8-18-11-15-20(16-12-18)19-13-9-17(7-4-2)10-14-19;1-3-5-7-17-10-14-19(15-11-17)18-12-8-16(6-4-2)9-13-18;1-3-5-15-8-12-17(13-9-15)16-10-6-14(4-2)7-11-16;1-3-4-13-5-7-14(8-6-13)15-9-11-16(17-2)12-10-15/h6-7,10-11,14-17,19,21H,3-5,8-9,12-13H2,1-2H3;5-6,9-10,18,20-22H,3-4,7-8,11-16H2,1-2H3;17-20H,3-16H2,1-2H3;16-19H,3-15H2,1-2H3;14-17H,3-13H2,1-2H3;9-14H,3-8H2,1-2H3. The average Bonchev–Trinajstić information content (AvgIpc) is 0.851. The van der Waals surface area contributed by atoms with E-state index in [0.29, 0.717) is 0 Å². The van der Waals surface area contributed by atoms with Gasteiger partial charge in [0.1, 0.15) is 5.75 Å². The summed E-state index contributed by atoms with van der Waals surface area (Å²) < 4.78 is 5.21. The lowest BCUT2D eigenvalue weighted by Gasteiger charge is -2.38. The number of hydrogen-bond donors (Lipinski definition) is 0. The van der Waals surface area contributed by atoms with Crippen molar-refractivity contribution in [1.82, 2.24) is 0 Å². The van der Waals surface area contributed by atoms with Gasteiger partial charge >= 0.3 is 0 Å². The molecule has 0 atom stereocenters. The van der Waals surface area contributed by atoms with Crippen LogP contribution in [0.1, 0.15) is 500 Å². The van der Waals surface area contributed by atoms with Crippen LogP contribution in [0.5, 0.6) is 5.75 Å². The fraction of sp³-hybridized carbons (Fsp3) is 0.795. The molecular formula is C117H194O. The highest BCUT2D eigenvalue weighted by molar-refractivity contribution is 5.64. The van der Waals surface area contributed by atoms with Crippen LogP contribution in [0.4, 0.5) is 0 Å². The third-order valence-electron chi connectivity index (χ3n) is 34.5. The number of rotatable bonds is 30. The molecule has 0 N–H and O–H groups in total. The van der Waals surface area contributed by atoms with Gasteiger partial charge in [-0.25, -0.2) is 0 Å². The Balaban J connectivity index is 0.000000162. The molecule has 0 spiro atoms. The summed E-state index contributed by atoms with van der Waals surface area (Å²) in [5, 5.41) is 0. The molecule has 1 nitrogen and oxygen atoms in total. The fourth-order valence-electron chi connectivity index (χ4n) is 26.5. The van der Waals surface area contributed by atoms with Gasteiger partial charge in [0.25, 0.3) is 0 Å². The van der Waals surface area contributed by atoms with E-state index in [4.69, 9.17) is 4.74 Å². The SMILES string of the molecule is CCCC1CCC(C2CCC(CC)CC2)CC1.CCCC1CCC(C2CCC(c3ccc(C)cc3)CC2)CC1.CCCC1CCC(c2ccc(-c3ccc(CC)cc3)cc2)CC1.CCCC1CCC(c2ccc(OC)cc2)CC1.CCCCC1CCC(C2CCC(CCC)CC2)CC1.CCCCCC1CCC(C2CCC(CCC)CC2)CC1. The Morgan fingerprint density at radius 3 is 0.712 bits per heavy atom. The minimum atomic E-state index is 0.786. The van der Waals surface area contributed by atoms with Crippen molar-refractivity contribution < 1.29 is 4.74 Å². The van der Waals surface area contributed by atoms with E-state index in [1.165, 1.54) is 272 Å². The monoisotopic (exact) mass is 1620 g/mol. The topological polar surface area (TPSA) is 9.23 Å². The molecule has 0 bridgehead atoms. The smallest absolute Gasteiger partial charge is 0.118 e. The number of aryl methyl sites for hydroxylation is 2. The highest BCUT2D eigenvalue weighted by Crippen LogP contribution is 2.49. The number of hydrogen-bond acceptors (Lipinski definition) is 1. The number of ether oxygens (including phenoxy) is 1. The molecule has 0 unspecified atom stereocenters. The molecule has 668 valence electrons. The highest BCUT2D eigenvalue weighted by atomic mass is 16.5. The van der Waals surface area contributed by atoms with E-state index >= 15 is 0 Å². The summed E-state index contributed by atoms with van der Waals surface area (Å²) in [5.41, 5.74) is 10.1. The Morgan fingerprint density at radius 1 is 0.220 bits per heavy atom. The maximum atomic E-state index is 5.21. The van der Waals surface area contributed by atoms with E-state index in [2.05, 4.69) is 173 Å². The van der Waals surface area contributed by atoms with Crippen molar-refractivity contribution in [1.29, 1.82) is 0 Å². The van der Waals surface area contributed by atoms with Crippen LogP contribution in [0, 0.1) is 108 Å². The molecular weight excluding hydrogens is 1420 g/mol. The summed E-state index contributed by atoms with van der Waals surface area (Å²) in [6.45, 7) is 25.4. The van der Waals surface area contributed by atoms with Crippen LogP contribution in [-0.2, 0) is 6.42 Å². The molecule has 0 heterocycles. The summed E-state index contributed by atoms with van der Waals surface area (Å²) >= 11 is 0. The fourth-order valence-corrected chi connectivity index (χ4v) is 26.5. The second kappa shape index (κ2) is 57.3. The van der Waals surface area contributed by atoms with Gasteiger partial charge in [-0.1, -0.05) is 378 Å². The predicted octanol–water partition coefficient (Wildman–Crippen LogP) is 38.0. The van der Waals surface area contributed by atoms with Crippen LogP contribution >= 0.6 is 0 Å². The lowest BCUT2D eigenvalue weighted by atomic mass is 9.68. The molecule has 0 aromatic heterocycles. The van der Waals surface area contributed by atoms with Gasteiger partial charge < -0.3 is 4.74 Å². The third kappa shape index (κ3) is 34.6. The maximum absolute atomic E-state index is 5.21. The highest BCUT2D eigenvalue weighted by Gasteiger charge is 2.36.